The van der Waals surface area contributed by atoms with Gasteiger partial charge in [-0.3, -0.25) is 4.79 Å². The first kappa shape index (κ1) is 14.5. The molecule has 2 heterocycles. The summed E-state index contributed by atoms with van der Waals surface area (Å²) in [5, 5.41) is 10.4. The minimum absolute atomic E-state index is 0.0236. The van der Waals surface area contributed by atoms with E-state index in [1.165, 1.54) is 0 Å². The van der Waals surface area contributed by atoms with Gasteiger partial charge >= 0.3 is 0 Å². The largest absolute Gasteiger partial charge is 0.464 e. The summed E-state index contributed by atoms with van der Waals surface area (Å²) < 4.78 is 5.56. The molecule has 1 aromatic rings. The fourth-order valence-electron chi connectivity index (χ4n) is 3.56. The molecule has 1 atom stereocenters. The van der Waals surface area contributed by atoms with Crippen molar-refractivity contribution in [1.82, 2.24) is 4.90 Å². The molecule has 120 valence electrons. The lowest BCUT2D eigenvalue weighted by Crippen LogP contribution is -2.44. The molecule has 0 radical (unpaired) electrons. The molecule has 1 aliphatic carbocycles. The van der Waals surface area contributed by atoms with Crippen LogP contribution in [-0.4, -0.2) is 34.6 Å². The average molecular weight is 311 g/mol. The molecule has 1 saturated carbocycles. The number of hydrogen-bond acceptors (Lipinski definition) is 3. The Morgan fingerprint density at radius 2 is 2.13 bits per heavy atom. The van der Waals surface area contributed by atoms with Crippen molar-refractivity contribution >= 4 is 12.0 Å². The number of rotatable bonds is 2. The second kappa shape index (κ2) is 5.53. The van der Waals surface area contributed by atoms with Crippen LogP contribution < -0.4 is 4.74 Å². The topological polar surface area (TPSA) is 49.8 Å². The Bertz CT molecular complexity index is 688. The highest BCUT2D eigenvalue weighted by atomic mass is 16.5. The SMILES string of the molecule is O=C(C1=Cc2ccccc2OC=C1)N1CCCC(C2(O)CC2)C1. The molecule has 1 N–H and O–H groups in total. The quantitative estimate of drug-likeness (QED) is 0.913. The summed E-state index contributed by atoms with van der Waals surface area (Å²) in [6.45, 7) is 1.42. The number of ether oxygens (including phenoxy) is 1. The minimum atomic E-state index is -0.512. The lowest BCUT2D eigenvalue weighted by Gasteiger charge is -2.35. The molecular formula is C19H21NO3. The maximum absolute atomic E-state index is 12.9. The Morgan fingerprint density at radius 3 is 2.96 bits per heavy atom. The van der Waals surface area contributed by atoms with E-state index in [4.69, 9.17) is 4.74 Å². The number of hydrogen-bond donors (Lipinski definition) is 1. The maximum atomic E-state index is 12.9. The monoisotopic (exact) mass is 311 g/mol. The van der Waals surface area contributed by atoms with Crippen molar-refractivity contribution in [2.24, 2.45) is 5.92 Å². The molecular weight excluding hydrogens is 290 g/mol. The Labute approximate surface area is 136 Å². The van der Waals surface area contributed by atoms with Gasteiger partial charge < -0.3 is 14.7 Å². The van der Waals surface area contributed by atoms with E-state index in [-0.39, 0.29) is 11.8 Å². The van der Waals surface area contributed by atoms with Crippen molar-refractivity contribution < 1.29 is 14.6 Å². The first-order valence-electron chi connectivity index (χ1n) is 8.31. The Hall–Kier alpha value is -2.07. The maximum Gasteiger partial charge on any atom is 0.253 e. The Morgan fingerprint density at radius 1 is 1.30 bits per heavy atom. The van der Waals surface area contributed by atoms with Gasteiger partial charge in [-0.1, -0.05) is 18.2 Å². The van der Waals surface area contributed by atoms with Crippen LogP contribution in [0, 0.1) is 5.92 Å². The zero-order valence-electron chi connectivity index (χ0n) is 13.1. The molecule has 1 aromatic carbocycles. The number of para-hydroxylation sites is 1. The predicted octanol–water partition coefficient (Wildman–Crippen LogP) is 2.74. The highest BCUT2D eigenvalue weighted by Crippen LogP contribution is 2.45. The van der Waals surface area contributed by atoms with Crippen molar-refractivity contribution in [3.63, 3.8) is 0 Å². The summed E-state index contributed by atoms with van der Waals surface area (Å²) in [5.74, 6) is 1.00. The van der Waals surface area contributed by atoms with Crippen LogP contribution in [0.1, 0.15) is 31.2 Å². The van der Waals surface area contributed by atoms with Crippen molar-refractivity contribution in [3.05, 3.63) is 47.7 Å². The molecule has 4 rings (SSSR count). The van der Waals surface area contributed by atoms with Crippen LogP contribution >= 0.6 is 0 Å². The zero-order valence-corrected chi connectivity index (χ0v) is 13.1. The van der Waals surface area contributed by atoms with Gasteiger partial charge in [-0.25, -0.2) is 0 Å². The number of aliphatic hydroxyl groups is 1. The lowest BCUT2D eigenvalue weighted by atomic mass is 9.90. The van der Waals surface area contributed by atoms with E-state index in [1.54, 1.807) is 12.3 Å². The minimum Gasteiger partial charge on any atom is -0.464 e. The fourth-order valence-corrected chi connectivity index (χ4v) is 3.56. The van der Waals surface area contributed by atoms with Gasteiger partial charge in [0.25, 0.3) is 5.91 Å². The standard InChI is InChI=1S/C19H21NO3/c21-18(20-10-3-5-16(13-20)19(22)8-9-19)15-7-11-23-17-6-2-1-4-14(17)12-15/h1-2,4,6-7,11-12,16,22H,3,5,8-10,13H2. The number of carbonyl (C=O) groups is 1. The van der Waals surface area contributed by atoms with Gasteiger partial charge in [0.1, 0.15) is 5.75 Å². The van der Waals surface area contributed by atoms with Gasteiger partial charge in [-0.2, -0.15) is 0 Å². The number of amides is 1. The lowest BCUT2D eigenvalue weighted by molar-refractivity contribution is -0.129. The van der Waals surface area contributed by atoms with Crippen molar-refractivity contribution in [3.8, 4) is 5.75 Å². The van der Waals surface area contributed by atoms with Crippen LogP contribution in [0.4, 0.5) is 0 Å². The average Bonchev–Trinajstić information content (AvgIpc) is 3.36. The van der Waals surface area contributed by atoms with Crippen molar-refractivity contribution in [2.75, 3.05) is 13.1 Å². The predicted molar refractivity (Wildman–Crippen MR) is 87.7 cm³/mol. The highest BCUT2D eigenvalue weighted by Gasteiger charge is 2.49. The van der Waals surface area contributed by atoms with Crippen LogP contribution in [0.5, 0.6) is 5.75 Å². The van der Waals surface area contributed by atoms with E-state index in [0.29, 0.717) is 12.1 Å². The van der Waals surface area contributed by atoms with E-state index in [1.807, 2.05) is 35.2 Å². The molecule has 2 aliphatic heterocycles. The van der Waals surface area contributed by atoms with Gasteiger partial charge in [0, 0.05) is 30.1 Å². The molecule has 2 fully saturated rings. The molecule has 23 heavy (non-hydrogen) atoms. The second-order valence-corrected chi connectivity index (χ2v) is 6.75. The number of likely N-dealkylation sites (tertiary alicyclic amines) is 1. The van der Waals surface area contributed by atoms with E-state index in [9.17, 15) is 9.90 Å². The first-order valence-corrected chi connectivity index (χ1v) is 8.31. The van der Waals surface area contributed by atoms with Crippen LogP contribution in [0.15, 0.2) is 42.2 Å². The molecule has 1 amide bonds. The third-order valence-electron chi connectivity index (χ3n) is 5.15. The number of carbonyl (C=O) groups excluding carboxylic acids is 1. The second-order valence-electron chi connectivity index (χ2n) is 6.75. The normalized spacial score (nSPS) is 25.0. The number of nitrogens with zero attached hydrogens (tertiary/aromatic N) is 1. The molecule has 0 spiro atoms. The van der Waals surface area contributed by atoms with Gasteiger partial charge in [-0.05, 0) is 43.9 Å². The Balaban J connectivity index is 1.55. The van der Waals surface area contributed by atoms with Crippen molar-refractivity contribution in [2.45, 2.75) is 31.3 Å². The summed E-state index contributed by atoms with van der Waals surface area (Å²) in [6.07, 6.45) is 8.93. The summed E-state index contributed by atoms with van der Waals surface area (Å²) in [7, 11) is 0. The van der Waals surface area contributed by atoms with E-state index in [0.717, 1.165) is 43.5 Å². The summed E-state index contributed by atoms with van der Waals surface area (Å²) in [5.41, 5.74) is 1.04. The smallest absolute Gasteiger partial charge is 0.253 e. The molecule has 0 aromatic heterocycles. The number of benzene rings is 1. The van der Waals surface area contributed by atoms with Gasteiger partial charge in [0.2, 0.25) is 0 Å². The highest BCUT2D eigenvalue weighted by molar-refractivity contribution is 6.01. The molecule has 0 bridgehead atoms. The molecule has 1 unspecified atom stereocenters. The van der Waals surface area contributed by atoms with Gasteiger partial charge in [-0.15, -0.1) is 0 Å². The third kappa shape index (κ3) is 2.79. The first-order chi connectivity index (χ1) is 11.2. The Kier molecular flexibility index (Phi) is 3.49. The van der Waals surface area contributed by atoms with Gasteiger partial charge in [0.15, 0.2) is 0 Å². The zero-order chi connectivity index (χ0) is 15.9. The summed E-state index contributed by atoms with van der Waals surface area (Å²) >= 11 is 0. The molecule has 4 nitrogen and oxygen atoms in total. The molecule has 4 heteroatoms. The van der Waals surface area contributed by atoms with Gasteiger partial charge in [0.05, 0.1) is 11.9 Å². The van der Waals surface area contributed by atoms with Crippen molar-refractivity contribution in [1.29, 1.82) is 0 Å². The summed E-state index contributed by atoms with van der Waals surface area (Å²) in [4.78, 5) is 14.8. The fraction of sp³-hybridized carbons (Fsp3) is 0.421. The van der Waals surface area contributed by atoms with Crippen LogP contribution in [0.3, 0.4) is 0 Å². The van der Waals surface area contributed by atoms with Crippen LogP contribution in [-0.2, 0) is 4.79 Å². The van der Waals surface area contributed by atoms with E-state index < -0.39 is 5.60 Å². The van der Waals surface area contributed by atoms with Crippen LogP contribution in [0.25, 0.3) is 6.08 Å². The molecule has 3 aliphatic rings. The number of piperidine rings is 1. The summed E-state index contributed by atoms with van der Waals surface area (Å²) in [6, 6.07) is 7.69. The third-order valence-corrected chi connectivity index (χ3v) is 5.15. The number of fused-ring (bicyclic) bond motifs is 1. The van der Waals surface area contributed by atoms with E-state index in [2.05, 4.69) is 0 Å². The van der Waals surface area contributed by atoms with E-state index >= 15 is 0 Å². The molecule has 1 saturated heterocycles. The van der Waals surface area contributed by atoms with Crippen LogP contribution in [0.2, 0.25) is 0 Å².